The number of ketones is 1. The molecular weight excluding hydrogens is 251 g/mol. The van der Waals surface area contributed by atoms with E-state index in [9.17, 15) is 9.18 Å². The Morgan fingerprint density at radius 2 is 2.22 bits per heavy atom. The van der Waals surface area contributed by atoms with Crippen LogP contribution >= 0.6 is 11.3 Å². The minimum absolute atomic E-state index is 0.101. The van der Waals surface area contributed by atoms with E-state index in [-0.39, 0.29) is 11.6 Å². The average Bonchev–Trinajstić information content (AvgIpc) is 2.81. The first-order valence-electron chi connectivity index (χ1n) is 5.81. The van der Waals surface area contributed by atoms with Crippen LogP contribution < -0.4 is 0 Å². The van der Waals surface area contributed by atoms with E-state index in [1.165, 1.54) is 23.5 Å². The summed E-state index contributed by atoms with van der Waals surface area (Å²) < 4.78 is 19.4. The van der Waals surface area contributed by atoms with E-state index in [2.05, 4.69) is 0 Å². The molecule has 2 heterocycles. The number of carbonyl (C=O) groups excluding carboxylic acids is 1. The lowest BCUT2D eigenvalue weighted by atomic mass is 10.1. The predicted molar refractivity (Wildman–Crippen MR) is 69.4 cm³/mol. The van der Waals surface area contributed by atoms with Gasteiger partial charge in [-0.05, 0) is 48.6 Å². The van der Waals surface area contributed by atoms with Crippen molar-refractivity contribution in [1.82, 2.24) is 0 Å². The first kappa shape index (κ1) is 11.4. The molecule has 2 nitrogen and oxygen atoms in total. The molecule has 18 heavy (non-hydrogen) atoms. The van der Waals surface area contributed by atoms with Crippen LogP contribution in [0, 0.1) is 5.82 Å². The van der Waals surface area contributed by atoms with Gasteiger partial charge in [-0.3, -0.25) is 4.79 Å². The predicted octanol–water partition coefficient (Wildman–Crippen LogP) is 3.92. The van der Waals surface area contributed by atoms with Crippen molar-refractivity contribution in [2.24, 2.45) is 0 Å². The van der Waals surface area contributed by atoms with Gasteiger partial charge in [0.15, 0.2) is 5.76 Å². The van der Waals surface area contributed by atoms with Crippen molar-refractivity contribution in [3.63, 3.8) is 0 Å². The first-order chi connectivity index (χ1) is 8.74. The highest BCUT2D eigenvalue weighted by molar-refractivity contribution is 7.21. The highest BCUT2D eigenvalue weighted by Gasteiger charge is 2.18. The molecule has 2 aromatic rings. The number of carbonyl (C=O) groups is 1. The number of ether oxygens (including phenoxy) is 1. The van der Waals surface area contributed by atoms with Crippen LogP contribution in [-0.4, -0.2) is 12.4 Å². The van der Waals surface area contributed by atoms with Crippen molar-refractivity contribution < 1.29 is 13.9 Å². The van der Waals surface area contributed by atoms with Crippen molar-refractivity contribution in [2.75, 3.05) is 6.61 Å². The molecular formula is C14H11FO2S. The maximum Gasteiger partial charge on any atom is 0.237 e. The van der Waals surface area contributed by atoms with Gasteiger partial charge >= 0.3 is 0 Å². The van der Waals surface area contributed by atoms with Crippen molar-refractivity contribution in [3.8, 4) is 0 Å². The molecule has 0 bridgehead atoms. The van der Waals surface area contributed by atoms with Crippen LogP contribution in [0.1, 0.15) is 22.5 Å². The molecule has 0 unspecified atom stereocenters. The molecule has 0 fully saturated rings. The highest BCUT2D eigenvalue weighted by atomic mass is 32.1. The average molecular weight is 262 g/mol. The Kier molecular flexibility index (Phi) is 2.88. The topological polar surface area (TPSA) is 26.3 Å². The lowest BCUT2D eigenvalue weighted by molar-refractivity contribution is 0.0903. The van der Waals surface area contributed by atoms with Gasteiger partial charge < -0.3 is 4.74 Å². The molecule has 92 valence electrons. The van der Waals surface area contributed by atoms with E-state index in [0.29, 0.717) is 17.2 Å². The van der Waals surface area contributed by atoms with Gasteiger partial charge in [0.1, 0.15) is 5.82 Å². The lowest BCUT2D eigenvalue weighted by Gasteiger charge is -2.12. The van der Waals surface area contributed by atoms with Gasteiger partial charge in [-0.25, -0.2) is 4.39 Å². The van der Waals surface area contributed by atoms with Crippen molar-refractivity contribution in [1.29, 1.82) is 0 Å². The zero-order valence-corrected chi connectivity index (χ0v) is 10.4. The second-order valence-corrected chi connectivity index (χ2v) is 5.26. The maximum atomic E-state index is 13.1. The van der Waals surface area contributed by atoms with Crippen LogP contribution in [0.5, 0.6) is 0 Å². The summed E-state index contributed by atoms with van der Waals surface area (Å²) in [5, 5.41) is 0.764. The van der Waals surface area contributed by atoms with Gasteiger partial charge in [-0.2, -0.15) is 0 Å². The monoisotopic (exact) mass is 262 g/mol. The Labute approximate surface area is 108 Å². The number of hydrogen-bond acceptors (Lipinski definition) is 3. The smallest absolute Gasteiger partial charge is 0.237 e. The maximum absolute atomic E-state index is 13.1. The zero-order chi connectivity index (χ0) is 12.5. The summed E-state index contributed by atoms with van der Waals surface area (Å²) >= 11 is 1.37. The molecule has 0 aliphatic carbocycles. The number of fused-ring (bicyclic) bond motifs is 1. The second kappa shape index (κ2) is 4.53. The summed E-state index contributed by atoms with van der Waals surface area (Å²) in [4.78, 5) is 12.8. The molecule has 0 N–H and O–H groups in total. The van der Waals surface area contributed by atoms with Crippen molar-refractivity contribution >= 4 is 27.2 Å². The van der Waals surface area contributed by atoms with E-state index in [1.807, 2.05) is 6.08 Å². The summed E-state index contributed by atoms with van der Waals surface area (Å²) in [5.74, 6) is 0.0389. The fraction of sp³-hybridized carbons (Fsp3) is 0.214. The molecule has 0 amide bonds. The van der Waals surface area contributed by atoms with Gasteiger partial charge in [-0.15, -0.1) is 11.3 Å². The standard InChI is InChI=1S/C14H11FO2S/c15-10-4-5-12-9(7-10)8-13(18-12)14(16)11-3-1-2-6-17-11/h3-5,7-8H,1-2,6H2. The Balaban J connectivity index is 1.98. The number of benzene rings is 1. The normalized spacial score (nSPS) is 15.3. The highest BCUT2D eigenvalue weighted by Crippen LogP contribution is 2.28. The SMILES string of the molecule is O=C(C1=CCCCO1)c1cc2cc(F)ccc2s1. The van der Waals surface area contributed by atoms with Crippen LogP contribution in [0.2, 0.25) is 0 Å². The van der Waals surface area contributed by atoms with Crippen LogP contribution in [0.25, 0.3) is 10.1 Å². The van der Waals surface area contributed by atoms with Crippen molar-refractivity contribution in [3.05, 3.63) is 46.8 Å². The molecule has 1 aromatic heterocycles. The number of hydrogen-bond donors (Lipinski definition) is 0. The fourth-order valence-corrected chi connectivity index (χ4v) is 2.95. The summed E-state index contributed by atoms with van der Waals surface area (Å²) in [6, 6.07) is 6.27. The van der Waals surface area contributed by atoms with Gasteiger partial charge in [0.05, 0.1) is 11.5 Å². The minimum Gasteiger partial charge on any atom is -0.490 e. The van der Waals surface area contributed by atoms with E-state index in [0.717, 1.165) is 22.9 Å². The first-order valence-corrected chi connectivity index (χ1v) is 6.62. The number of thiophene rings is 1. The number of rotatable bonds is 2. The molecule has 1 aliphatic rings. The van der Waals surface area contributed by atoms with E-state index in [1.54, 1.807) is 12.1 Å². The van der Waals surface area contributed by atoms with Crippen LogP contribution in [0.3, 0.4) is 0 Å². The molecule has 0 spiro atoms. The van der Waals surface area contributed by atoms with E-state index < -0.39 is 0 Å². The minimum atomic E-state index is -0.285. The number of allylic oxidation sites excluding steroid dienone is 2. The quantitative estimate of drug-likeness (QED) is 0.767. The third kappa shape index (κ3) is 2.04. The van der Waals surface area contributed by atoms with Crippen molar-refractivity contribution in [2.45, 2.75) is 12.8 Å². The molecule has 0 saturated carbocycles. The molecule has 1 aromatic carbocycles. The van der Waals surface area contributed by atoms with E-state index >= 15 is 0 Å². The third-order valence-electron chi connectivity index (χ3n) is 2.86. The molecule has 0 atom stereocenters. The van der Waals surface area contributed by atoms with Gasteiger partial charge in [-0.1, -0.05) is 0 Å². The van der Waals surface area contributed by atoms with Crippen LogP contribution in [0.15, 0.2) is 36.1 Å². The molecule has 4 heteroatoms. The van der Waals surface area contributed by atoms with E-state index in [4.69, 9.17) is 4.74 Å². The Hall–Kier alpha value is -1.68. The Bertz CT molecular complexity index is 642. The zero-order valence-electron chi connectivity index (χ0n) is 9.61. The molecule has 3 rings (SSSR count). The number of halogens is 1. The Morgan fingerprint density at radius 1 is 1.33 bits per heavy atom. The van der Waals surface area contributed by atoms with Gasteiger partial charge in [0.2, 0.25) is 5.78 Å². The second-order valence-electron chi connectivity index (χ2n) is 4.18. The summed E-state index contributed by atoms with van der Waals surface area (Å²) in [6.45, 7) is 0.594. The number of Topliss-reactive ketones (excluding diaryl/α,β-unsaturated/α-hetero) is 1. The summed E-state index contributed by atoms with van der Waals surface area (Å²) in [7, 11) is 0. The summed E-state index contributed by atoms with van der Waals surface area (Å²) in [6.07, 6.45) is 3.66. The fourth-order valence-electron chi connectivity index (χ4n) is 1.96. The van der Waals surface area contributed by atoms with Gasteiger partial charge in [0, 0.05) is 4.70 Å². The molecule has 0 radical (unpaired) electrons. The molecule has 1 aliphatic heterocycles. The molecule has 0 saturated heterocycles. The van der Waals surface area contributed by atoms with Gasteiger partial charge in [0.25, 0.3) is 0 Å². The van der Waals surface area contributed by atoms with Crippen LogP contribution in [-0.2, 0) is 4.74 Å². The largest absolute Gasteiger partial charge is 0.490 e. The Morgan fingerprint density at radius 3 is 3.00 bits per heavy atom. The summed E-state index contributed by atoms with van der Waals surface area (Å²) in [5.41, 5.74) is 0. The lowest BCUT2D eigenvalue weighted by Crippen LogP contribution is -2.10. The third-order valence-corrected chi connectivity index (χ3v) is 3.98. The van der Waals surface area contributed by atoms with Crippen LogP contribution in [0.4, 0.5) is 4.39 Å².